The second-order valence-corrected chi connectivity index (χ2v) is 10.8. The Hall–Kier alpha value is -1.44. The van der Waals surface area contributed by atoms with Gasteiger partial charge in [0.15, 0.2) is 0 Å². The fourth-order valence-corrected chi connectivity index (χ4v) is 6.56. The summed E-state index contributed by atoms with van der Waals surface area (Å²) in [5.74, 6) is -1.64. The molecule has 0 radical (unpaired) electrons. The minimum absolute atomic E-state index is 0.297. The van der Waals surface area contributed by atoms with E-state index in [4.69, 9.17) is 9.47 Å². The molecule has 0 amide bonds. The Labute approximate surface area is 203 Å². The predicted molar refractivity (Wildman–Crippen MR) is 121 cm³/mol. The van der Waals surface area contributed by atoms with Gasteiger partial charge in [-0.25, -0.2) is 4.39 Å². The summed E-state index contributed by atoms with van der Waals surface area (Å²) in [4.78, 5) is 0. The fourth-order valence-electron chi connectivity index (χ4n) is 6.56. The molecule has 0 aromatic heterocycles. The highest BCUT2D eigenvalue weighted by atomic mass is 19.4. The molecule has 0 N–H and O–H groups in total. The van der Waals surface area contributed by atoms with Gasteiger partial charge in [-0.1, -0.05) is 13.3 Å². The standard InChI is InChI=1S/C27H36F6O2/c1-2-3-21-13-15-25(34-21)19-6-4-17(5-7-19)18-8-10-20(11-9-18)27(32,33)35-22-12-14-23(24(28)16-22)26(29,30)31/h12,14,16-21,25H,2-11,13,15H2,1H3. The highest BCUT2D eigenvalue weighted by molar-refractivity contribution is 5.30. The van der Waals surface area contributed by atoms with Gasteiger partial charge < -0.3 is 9.47 Å². The summed E-state index contributed by atoms with van der Waals surface area (Å²) in [7, 11) is 0. The van der Waals surface area contributed by atoms with Crippen LogP contribution in [0.4, 0.5) is 26.3 Å². The van der Waals surface area contributed by atoms with E-state index >= 15 is 0 Å². The summed E-state index contributed by atoms with van der Waals surface area (Å²) in [6.07, 6.45) is 3.49. The van der Waals surface area contributed by atoms with Gasteiger partial charge >= 0.3 is 12.3 Å². The van der Waals surface area contributed by atoms with E-state index in [2.05, 4.69) is 6.92 Å². The van der Waals surface area contributed by atoms with Crippen molar-refractivity contribution >= 4 is 0 Å². The second-order valence-electron chi connectivity index (χ2n) is 10.8. The SMILES string of the molecule is CCCC1CCC(C2CCC(C3CCC(C(F)(F)Oc4ccc(C(F)(F)F)c(F)c4)CC3)CC2)O1. The van der Waals surface area contributed by atoms with E-state index in [0.717, 1.165) is 57.4 Å². The molecule has 2 saturated carbocycles. The van der Waals surface area contributed by atoms with Crippen LogP contribution in [0.25, 0.3) is 0 Å². The normalized spacial score (nSPS) is 32.5. The third-order valence-corrected chi connectivity index (χ3v) is 8.51. The van der Waals surface area contributed by atoms with Crippen LogP contribution in [0.15, 0.2) is 18.2 Å². The maximum absolute atomic E-state index is 14.8. The summed E-state index contributed by atoms with van der Waals surface area (Å²) < 4.78 is 92.4. The van der Waals surface area contributed by atoms with Crippen molar-refractivity contribution in [2.75, 3.05) is 0 Å². The van der Waals surface area contributed by atoms with Crippen molar-refractivity contribution in [1.82, 2.24) is 0 Å². The molecule has 0 bridgehead atoms. The average Bonchev–Trinajstić information content (AvgIpc) is 3.27. The molecule has 1 aromatic carbocycles. The van der Waals surface area contributed by atoms with Crippen molar-refractivity contribution in [2.45, 2.75) is 108 Å². The highest BCUT2D eigenvalue weighted by Gasteiger charge is 2.46. The first-order chi connectivity index (χ1) is 16.6. The first-order valence-corrected chi connectivity index (χ1v) is 13.2. The first kappa shape index (κ1) is 26.6. The lowest BCUT2D eigenvalue weighted by Gasteiger charge is -2.40. The molecule has 8 heteroatoms. The fraction of sp³-hybridized carbons (Fsp3) is 0.778. The molecule has 2 aliphatic carbocycles. The minimum Gasteiger partial charge on any atom is -0.432 e. The molecular formula is C27H36F6O2. The Balaban J connectivity index is 1.24. The van der Waals surface area contributed by atoms with E-state index in [-0.39, 0.29) is 0 Å². The summed E-state index contributed by atoms with van der Waals surface area (Å²) in [6, 6.07) is 1.58. The molecule has 35 heavy (non-hydrogen) atoms. The zero-order chi connectivity index (χ0) is 25.2. The van der Waals surface area contributed by atoms with Crippen LogP contribution in [0.3, 0.4) is 0 Å². The summed E-state index contributed by atoms with van der Waals surface area (Å²) >= 11 is 0. The van der Waals surface area contributed by atoms with E-state index < -0.39 is 35.3 Å². The van der Waals surface area contributed by atoms with E-state index in [0.29, 0.717) is 67.8 Å². The highest BCUT2D eigenvalue weighted by Crippen LogP contribution is 2.47. The largest absolute Gasteiger partial charge is 0.432 e. The molecule has 4 rings (SSSR count). The van der Waals surface area contributed by atoms with Crippen molar-refractivity contribution in [3.8, 4) is 5.75 Å². The molecular weight excluding hydrogens is 470 g/mol. The Morgan fingerprint density at radius 2 is 1.43 bits per heavy atom. The third kappa shape index (κ3) is 6.47. The topological polar surface area (TPSA) is 18.5 Å². The summed E-state index contributed by atoms with van der Waals surface area (Å²) in [5.41, 5.74) is -1.50. The summed E-state index contributed by atoms with van der Waals surface area (Å²) in [6.45, 7) is 2.19. The number of ether oxygens (including phenoxy) is 2. The monoisotopic (exact) mass is 506 g/mol. The smallest absolute Gasteiger partial charge is 0.419 e. The molecule has 1 aliphatic heterocycles. The second kappa shape index (κ2) is 10.9. The van der Waals surface area contributed by atoms with Crippen LogP contribution in [0.5, 0.6) is 5.75 Å². The molecule has 0 spiro atoms. The minimum atomic E-state index is -4.88. The van der Waals surface area contributed by atoms with Gasteiger partial charge in [0.2, 0.25) is 0 Å². The Bertz CT molecular complexity index is 825. The zero-order valence-corrected chi connectivity index (χ0v) is 20.3. The van der Waals surface area contributed by atoms with Gasteiger partial charge in [-0.2, -0.15) is 22.0 Å². The van der Waals surface area contributed by atoms with Crippen LogP contribution in [0.1, 0.15) is 89.5 Å². The molecule has 1 heterocycles. The van der Waals surface area contributed by atoms with Crippen LogP contribution in [0, 0.1) is 29.5 Å². The number of halogens is 6. The lowest BCUT2D eigenvalue weighted by Crippen LogP contribution is -2.38. The Kier molecular flexibility index (Phi) is 8.29. The van der Waals surface area contributed by atoms with Crippen molar-refractivity contribution < 1.29 is 35.8 Å². The van der Waals surface area contributed by atoms with Crippen molar-refractivity contribution in [3.63, 3.8) is 0 Å². The van der Waals surface area contributed by atoms with Crippen molar-refractivity contribution in [1.29, 1.82) is 0 Å². The number of rotatable bonds is 7. The van der Waals surface area contributed by atoms with E-state index in [1.165, 1.54) is 0 Å². The van der Waals surface area contributed by atoms with E-state index in [1.54, 1.807) is 0 Å². The Morgan fingerprint density at radius 1 is 0.829 bits per heavy atom. The van der Waals surface area contributed by atoms with Gasteiger partial charge in [0, 0.05) is 6.07 Å². The zero-order valence-electron chi connectivity index (χ0n) is 20.3. The molecule has 198 valence electrons. The van der Waals surface area contributed by atoms with Gasteiger partial charge in [0.25, 0.3) is 0 Å². The molecule has 2 unspecified atom stereocenters. The number of hydrogen-bond acceptors (Lipinski definition) is 2. The third-order valence-electron chi connectivity index (χ3n) is 8.51. The predicted octanol–water partition coefficient (Wildman–Crippen LogP) is 8.78. The molecule has 3 aliphatic rings. The Morgan fingerprint density at radius 3 is 2.00 bits per heavy atom. The first-order valence-electron chi connectivity index (χ1n) is 13.2. The maximum Gasteiger partial charge on any atom is 0.419 e. The molecule has 3 fully saturated rings. The van der Waals surface area contributed by atoms with Gasteiger partial charge in [0.1, 0.15) is 11.6 Å². The molecule has 1 aromatic rings. The lowest BCUT2D eigenvalue weighted by atomic mass is 9.68. The van der Waals surface area contributed by atoms with Crippen LogP contribution in [0.2, 0.25) is 0 Å². The maximum atomic E-state index is 14.8. The van der Waals surface area contributed by atoms with Gasteiger partial charge in [-0.3, -0.25) is 0 Å². The van der Waals surface area contributed by atoms with Crippen LogP contribution < -0.4 is 4.74 Å². The quantitative estimate of drug-likeness (QED) is 0.344. The lowest BCUT2D eigenvalue weighted by molar-refractivity contribution is -0.224. The number of hydrogen-bond donors (Lipinski definition) is 0. The van der Waals surface area contributed by atoms with E-state index in [1.807, 2.05) is 0 Å². The molecule has 1 saturated heterocycles. The van der Waals surface area contributed by atoms with Gasteiger partial charge in [0.05, 0.1) is 23.7 Å². The molecule has 2 nitrogen and oxygen atoms in total. The van der Waals surface area contributed by atoms with Gasteiger partial charge in [-0.05, 0) is 101 Å². The van der Waals surface area contributed by atoms with Crippen molar-refractivity contribution in [3.05, 3.63) is 29.6 Å². The van der Waals surface area contributed by atoms with Crippen LogP contribution >= 0.6 is 0 Å². The van der Waals surface area contributed by atoms with Crippen LogP contribution in [-0.4, -0.2) is 18.3 Å². The molecule has 2 atom stereocenters. The summed E-state index contributed by atoms with van der Waals surface area (Å²) in [5, 5.41) is 0. The van der Waals surface area contributed by atoms with E-state index in [9.17, 15) is 26.3 Å². The number of benzene rings is 1. The van der Waals surface area contributed by atoms with Crippen LogP contribution in [-0.2, 0) is 10.9 Å². The van der Waals surface area contributed by atoms with Crippen molar-refractivity contribution in [2.24, 2.45) is 23.7 Å². The average molecular weight is 507 g/mol. The van der Waals surface area contributed by atoms with Gasteiger partial charge in [-0.15, -0.1) is 0 Å². The number of alkyl halides is 5.